The first-order valence-electron chi connectivity index (χ1n) is 6.68. The van der Waals surface area contributed by atoms with Gasteiger partial charge in [-0.15, -0.1) is 11.3 Å². The lowest BCUT2D eigenvalue weighted by Crippen LogP contribution is -2.53. The Bertz CT molecular complexity index is 552. The maximum atomic E-state index is 12.4. The molecule has 7 heteroatoms. The second kappa shape index (κ2) is 5.46. The molecule has 1 aromatic rings. The summed E-state index contributed by atoms with van der Waals surface area (Å²) in [7, 11) is 0. The molecule has 5 nitrogen and oxygen atoms in total. The van der Waals surface area contributed by atoms with Crippen LogP contribution in [-0.4, -0.2) is 35.8 Å². The maximum absolute atomic E-state index is 12.4. The Hall–Kier alpha value is -0.920. The number of rotatable bonds is 3. The lowest BCUT2D eigenvalue weighted by atomic mass is 9.83. The average Bonchev–Trinajstić information content (AvgIpc) is 2.81. The molecule has 3 N–H and O–H groups in total. The van der Waals surface area contributed by atoms with E-state index < -0.39 is 5.91 Å². The van der Waals surface area contributed by atoms with Gasteiger partial charge in [-0.05, 0) is 60.3 Å². The molecule has 1 aromatic heterocycles. The van der Waals surface area contributed by atoms with Crippen molar-refractivity contribution < 1.29 is 9.59 Å². The summed E-state index contributed by atoms with van der Waals surface area (Å²) < 4.78 is 0.784. The van der Waals surface area contributed by atoms with E-state index in [1.54, 1.807) is 6.07 Å². The summed E-state index contributed by atoms with van der Waals surface area (Å²) >= 11 is 4.56. The fourth-order valence-electron chi connectivity index (χ4n) is 3.09. The number of nitrogens with one attached hydrogen (secondary N) is 1. The Labute approximate surface area is 129 Å². The van der Waals surface area contributed by atoms with Crippen molar-refractivity contribution in [1.82, 2.24) is 4.90 Å². The summed E-state index contributed by atoms with van der Waals surface area (Å²) in [6.07, 6.45) is 3.31. The number of fused-ring (bicyclic) bond motifs is 3. The van der Waals surface area contributed by atoms with E-state index in [9.17, 15) is 9.59 Å². The smallest absolute Gasteiger partial charge is 0.260 e. The first kappa shape index (κ1) is 14.0. The number of primary amides is 1. The number of anilines is 1. The van der Waals surface area contributed by atoms with Gasteiger partial charge in [0.05, 0.1) is 15.5 Å². The summed E-state index contributed by atoms with van der Waals surface area (Å²) in [4.78, 5) is 26.4. The van der Waals surface area contributed by atoms with E-state index in [1.165, 1.54) is 24.2 Å². The molecule has 0 aromatic carbocycles. The number of hydrogen-bond acceptors (Lipinski definition) is 4. The minimum Gasteiger partial charge on any atom is -0.365 e. The summed E-state index contributed by atoms with van der Waals surface area (Å²) in [6, 6.07) is 1.67. The first-order valence-corrected chi connectivity index (χ1v) is 8.29. The van der Waals surface area contributed by atoms with Crippen LogP contribution >= 0.6 is 27.3 Å². The van der Waals surface area contributed by atoms with Crippen LogP contribution in [0.4, 0.5) is 5.69 Å². The van der Waals surface area contributed by atoms with E-state index in [1.807, 2.05) is 0 Å². The number of carbonyl (C=O) groups excluding carboxylic acids is 2. The van der Waals surface area contributed by atoms with Gasteiger partial charge in [0.15, 0.2) is 0 Å². The molecule has 2 bridgehead atoms. The molecule has 0 radical (unpaired) electrons. The van der Waals surface area contributed by atoms with Crippen molar-refractivity contribution in [1.29, 1.82) is 0 Å². The van der Waals surface area contributed by atoms with E-state index >= 15 is 0 Å². The number of nitrogens with two attached hydrogens (primary N) is 1. The Kier molecular flexibility index (Phi) is 3.83. The van der Waals surface area contributed by atoms with E-state index in [0.717, 1.165) is 23.3 Å². The number of carbonyl (C=O) groups is 2. The summed E-state index contributed by atoms with van der Waals surface area (Å²) in [5.41, 5.74) is 5.85. The van der Waals surface area contributed by atoms with E-state index in [-0.39, 0.29) is 11.9 Å². The quantitative estimate of drug-likeness (QED) is 0.868. The molecule has 108 valence electrons. The topological polar surface area (TPSA) is 75.4 Å². The molecule has 1 atom stereocenters. The van der Waals surface area contributed by atoms with Gasteiger partial charge >= 0.3 is 0 Å². The Morgan fingerprint density at radius 1 is 1.40 bits per heavy atom. The minimum atomic E-state index is -0.513. The summed E-state index contributed by atoms with van der Waals surface area (Å²) in [6.45, 7) is 2.00. The van der Waals surface area contributed by atoms with Crippen molar-refractivity contribution >= 4 is 44.8 Å². The normalized spacial score (nSPS) is 28.4. The van der Waals surface area contributed by atoms with Crippen LogP contribution in [-0.2, 0) is 4.79 Å². The Morgan fingerprint density at radius 2 is 2.10 bits per heavy atom. The van der Waals surface area contributed by atoms with Crippen molar-refractivity contribution in [3.8, 4) is 0 Å². The second-order valence-corrected chi connectivity index (χ2v) is 7.81. The highest BCUT2D eigenvalue weighted by Gasteiger charge is 2.37. The highest BCUT2D eigenvalue weighted by molar-refractivity contribution is 9.11. The monoisotopic (exact) mass is 357 g/mol. The Balaban J connectivity index is 1.75. The molecule has 0 saturated carbocycles. The van der Waals surface area contributed by atoms with Crippen LogP contribution < -0.4 is 11.1 Å². The predicted octanol–water partition coefficient (Wildman–Crippen LogP) is 2.03. The zero-order valence-electron chi connectivity index (χ0n) is 10.9. The van der Waals surface area contributed by atoms with Gasteiger partial charge in [0, 0.05) is 0 Å². The number of thiophene rings is 1. The molecule has 3 aliphatic heterocycles. The van der Waals surface area contributed by atoms with Crippen molar-refractivity contribution in [2.45, 2.75) is 25.3 Å². The lowest BCUT2D eigenvalue weighted by molar-refractivity contribution is -0.125. The van der Waals surface area contributed by atoms with Crippen molar-refractivity contribution in [3.63, 3.8) is 0 Å². The predicted molar refractivity (Wildman–Crippen MR) is 81.9 cm³/mol. The van der Waals surface area contributed by atoms with Crippen LogP contribution in [0.5, 0.6) is 0 Å². The number of hydrogen-bond donors (Lipinski definition) is 2. The van der Waals surface area contributed by atoms with Crippen molar-refractivity contribution in [2.24, 2.45) is 11.7 Å². The highest BCUT2D eigenvalue weighted by Crippen LogP contribution is 2.34. The molecule has 0 unspecified atom stereocenters. The molecule has 4 rings (SSSR count). The van der Waals surface area contributed by atoms with E-state index in [2.05, 4.69) is 26.1 Å². The van der Waals surface area contributed by atoms with Gasteiger partial charge < -0.3 is 11.1 Å². The highest BCUT2D eigenvalue weighted by atomic mass is 79.9. The lowest BCUT2D eigenvalue weighted by Gasteiger charge is -2.44. The fourth-order valence-corrected chi connectivity index (χ4v) is 4.50. The van der Waals surface area contributed by atoms with Gasteiger partial charge in [-0.2, -0.15) is 0 Å². The molecule has 0 aliphatic carbocycles. The largest absolute Gasteiger partial charge is 0.365 e. The first-order chi connectivity index (χ1) is 9.54. The second-order valence-electron chi connectivity index (χ2n) is 5.38. The van der Waals surface area contributed by atoms with Crippen LogP contribution in [0, 0.1) is 5.92 Å². The third-order valence-electron chi connectivity index (χ3n) is 4.13. The van der Waals surface area contributed by atoms with Gasteiger partial charge in [0.25, 0.3) is 5.91 Å². The molecule has 2 amide bonds. The molecule has 3 saturated heterocycles. The minimum absolute atomic E-state index is 0.0257. The zero-order chi connectivity index (χ0) is 14.3. The number of piperidine rings is 3. The van der Waals surface area contributed by atoms with Gasteiger partial charge in [-0.1, -0.05) is 0 Å². The summed E-state index contributed by atoms with van der Waals surface area (Å²) in [5.74, 6) is 0.129. The standard InChI is InChI=1S/C13H16BrN3O2S/c14-10-6-8(11(20-10)12(15)18)16-13(19)9-5-7-1-3-17(9)4-2-7/h6-7,9H,1-5H2,(H2,15,18)(H,16,19)/t9-/m1/s1. The average molecular weight is 358 g/mol. The molecule has 0 spiro atoms. The molecule has 20 heavy (non-hydrogen) atoms. The van der Waals surface area contributed by atoms with Gasteiger partial charge in [0.1, 0.15) is 4.88 Å². The number of nitrogens with zero attached hydrogens (tertiary/aromatic N) is 1. The third-order valence-corrected chi connectivity index (χ3v) is 5.79. The van der Waals surface area contributed by atoms with Crippen molar-refractivity contribution in [3.05, 3.63) is 14.7 Å². The number of halogens is 1. The van der Waals surface area contributed by atoms with Crippen LogP contribution in [0.2, 0.25) is 0 Å². The van der Waals surface area contributed by atoms with Crippen LogP contribution in [0.15, 0.2) is 9.85 Å². The van der Waals surface area contributed by atoms with Crippen LogP contribution in [0.1, 0.15) is 28.9 Å². The number of amides is 2. The van der Waals surface area contributed by atoms with Crippen LogP contribution in [0.25, 0.3) is 0 Å². The van der Waals surface area contributed by atoms with Crippen molar-refractivity contribution in [2.75, 3.05) is 18.4 Å². The van der Waals surface area contributed by atoms with E-state index in [0.29, 0.717) is 16.5 Å². The fraction of sp³-hybridized carbons (Fsp3) is 0.538. The molecular weight excluding hydrogens is 342 g/mol. The van der Waals surface area contributed by atoms with Gasteiger partial charge in [0.2, 0.25) is 5.91 Å². The molecule has 3 fully saturated rings. The van der Waals surface area contributed by atoms with Crippen LogP contribution in [0.3, 0.4) is 0 Å². The molecule has 3 aliphatic rings. The van der Waals surface area contributed by atoms with E-state index in [4.69, 9.17) is 5.73 Å². The Morgan fingerprint density at radius 3 is 2.65 bits per heavy atom. The maximum Gasteiger partial charge on any atom is 0.260 e. The SMILES string of the molecule is NC(=O)c1sc(Br)cc1NC(=O)[C@H]1CC2CCN1CC2. The van der Waals surface area contributed by atoms with Gasteiger partial charge in [-0.25, -0.2) is 0 Å². The van der Waals surface area contributed by atoms with Gasteiger partial charge in [-0.3, -0.25) is 14.5 Å². The third kappa shape index (κ3) is 2.62. The molecular formula is C13H16BrN3O2S. The summed E-state index contributed by atoms with van der Waals surface area (Å²) in [5, 5.41) is 2.87. The zero-order valence-corrected chi connectivity index (χ0v) is 13.3. The molecule has 4 heterocycles.